The van der Waals surface area contributed by atoms with E-state index in [4.69, 9.17) is 5.73 Å². The molecule has 1 aliphatic rings. The number of hydrogen-bond donors (Lipinski definition) is 1. The number of aromatic nitrogens is 2. The van der Waals surface area contributed by atoms with Gasteiger partial charge in [0.15, 0.2) is 0 Å². The molecule has 2 aromatic rings. The molecule has 1 aliphatic heterocycles. The van der Waals surface area contributed by atoms with Crippen molar-refractivity contribution in [1.29, 1.82) is 0 Å². The number of rotatable bonds is 3. The summed E-state index contributed by atoms with van der Waals surface area (Å²) in [5.41, 5.74) is 8.17. The molecule has 1 saturated heterocycles. The summed E-state index contributed by atoms with van der Waals surface area (Å²) < 4.78 is 4.36. The number of nitrogen functional groups attached to an aromatic ring is 1. The molecule has 1 fully saturated rings. The predicted octanol–water partition coefficient (Wildman–Crippen LogP) is 3.54. The van der Waals surface area contributed by atoms with Gasteiger partial charge >= 0.3 is 0 Å². The summed E-state index contributed by atoms with van der Waals surface area (Å²) in [4.78, 5) is 7.05. The zero-order chi connectivity index (χ0) is 13.4. The highest BCUT2D eigenvalue weighted by Gasteiger charge is 2.29. The second-order valence-corrected chi connectivity index (χ2v) is 6.55. The molecule has 0 amide bonds. The number of nitrogens with zero attached hydrogens (tertiary/aromatic N) is 3. The highest BCUT2D eigenvalue weighted by Crippen LogP contribution is 2.43. The summed E-state index contributed by atoms with van der Waals surface area (Å²) >= 11 is 3.17. The van der Waals surface area contributed by atoms with Gasteiger partial charge in [-0.05, 0) is 37.7 Å². The quantitative estimate of drug-likeness (QED) is 0.940. The van der Waals surface area contributed by atoms with Crippen LogP contribution in [0.25, 0.3) is 10.6 Å². The lowest BCUT2D eigenvalue weighted by Crippen LogP contribution is -2.28. The molecule has 19 heavy (non-hydrogen) atoms. The zero-order valence-corrected chi connectivity index (χ0v) is 12.9. The molecule has 3 heterocycles. The molecule has 102 valence electrons. The Balaban J connectivity index is 2.03. The van der Waals surface area contributed by atoms with E-state index in [0.717, 1.165) is 22.8 Å². The van der Waals surface area contributed by atoms with Crippen LogP contribution in [-0.2, 0) is 0 Å². The van der Waals surface area contributed by atoms with Gasteiger partial charge in [-0.2, -0.15) is 4.37 Å². The van der Waals surface area contributed by atoms with E-state index in [1.807, 2.05) is 6.92 Å². The lowest BCUT2D eigenvalue weighted by Gasteiger charge is -2.24. The van der Waals surface area contributed by atoms with Gasteiger partial charge < -0.3 is 10.6 Å². The van der Waals surface area contributed by atoms with Gasteiger partial charge in [-0.15, -0.1) is 11.3 Å². The molecule has 0 spiro atoms. The lowest BCUT2D eigenvalue weighted by molar-refractivity contribution is 0.649. The van der Waals surface area contributed by atoms with Crippen LogP contribution in [0.5, 0.6) is 0 Å². The summed E-state index contributed by atoms with van der Waals surface area (Å²) in [7, 11) is 0. The monoisotopic (exact) mass is 294 g/mol. The van der Waals surface area contributed by atoms with E-state index in [1.54, 1.807) is 11.3 Å². The summed E-state index contributed by atoms with van der Waals surface area (Å²) in [6.45, 7) is 5.37. The van der Waals surface area contributed by atoms with Crippen molar-refractivity contribution in [2.75, 3.05) is 17.2 Å². The molecule has 2 aromatic heterocycles. The van der Waals surface area contributed by atoms with Crippen LogP contribution in [0, 0.1) is 6.92 Å². The average Bonchev–Trinajstić information content (AvgIpc) is 3.07. The maximum atomic E-state index is 6.08. The Labute approximate surface area is 121 Å². The van der Waals surface area contributed by atoms with Crippen molar-refractivity contribution in [2.24, 2.45) is 0 Å². The van der Waals surface area contributed by atoms with E-state index in [2.05, 4.69) is 26.6 Å². The normalized spacial score (nSPS) is 19.3. The average molecular weight is 294 g/mol. The van der Waals surface area contributed by atoms with Crippen molar-refractivity contribution in [1.82, 2.24) is 9.36 Å². The predicted molar refractivity (Wildman–Crippen MR) is 83.0 cm³/mol. The van der Waals surface area contributed by atoms with Crippen molar-refractivity contribution in [3.63, 3.8) is 0 Å². The zero-order valence-electron chi connectivity index (χ0n) is 11.2. The first-order valence-electron chi connectivity index (χ1n) is 6.65. The highest BCUT2D eigenvalue weighted by molar-refractivity contribution is 7.15. The Kier molecular flexibility index (Phi) is 3.45. The number of thiazole rings is 1. The number of hydrogen-bond acceptors (Lipinski definition) is 6. The molecule has 1 atom stereocenters. The highest BCUT2D eigenvalue weighted by atomic mass is 32.1. The molecular formula is C13H18N4S2. The first-order valence-corrected chi connectivity index (χ1v) is 8.30. The van der Waals surface area contributed by atoms with Crippen molar-refractivity contribution in [3.05, 3.63) is 11.1 Å². The molecule has 0 saturated carbocycles. The molecule has 0 aromatic carbocycles. The second-order valence-electron chi connectivity index (χ2n) is 4.94. The third kappa shape index (κ3) is 2.23. The Bertz CT molecular complexity index is 575. The van der Waals surface area contributed by atoms with Gasteiger partial charge in [0.25, 0.3) is 0 Å². The number of nitrogens with two attached hydrogens (primary N) is 1. The van der Waals surface area contributed by atoms with Crippen LogP contribution in [0.2, 0.25) is 0 Å². The number of aryl methyl sites for hydroxylation is 1. The molecular weight excluding hydrogens is 276 g/mol. The SMILES string of the molecule is CCC1CCCN1c1snc(N)c1-c1nc(C)cs1. The number of anilines is 2. The fourth-order valence-corrected chi connectivity index (χ4v) is 4.52. The summed E-state index contributed by atoms with van der Waals surface area (Å²) in [5, 5.41) is 4.27. The molecule has 0 aliphatic carbocycles. The van der Waals surface area contributed by atoms with Gasteiger partial charge in [-0.3, -0.25) is 0 Å². The van der Waals surface area contributed by atoms with Gasteiger partial charge in [-0.1, -0.05) is 6.92 Å². The van der Waals surface area contributed by atoms with Crippen LogP contribution in [0.1, 0.15) is 31.9 Å². The molecule has 4 nitrogen and oxygen atoms in total. The van der Waals surface area contributed by atoms with Gasteiger partial charge in [-0.25, -0.2) is 4.98 Å². The first-order chi connectivity index (χ1) is 9.20. The molecule has 0 bridgehead atoms. The summed E-state index contributed by atoms with van der Waals surface area (Å²) in [5.74, 6) is 0.621. The van der Waals surface area contributed by atoms with Crippen molar-refractivity contribution in [2.45, 2.75) is 39.2 Å². The van der Waals surface area contributed by atoms with Crippen LogP contribution in [0.3, 0.4) is 0 Å². The van der Waals surface area contributed by atoms with E-state index in [9.17, 15) is 0 Å². The fourth-order valence-electron chi connectivity index (χ4n) is 2.69. The Morgan fingerprint density at radius 1 is 1.53 bits per heavy atom. The van der Waals surface area contributed by atoms with E-state index < -0.39 is 0 Å². The maximum Gasteiger partial charge on any atom is 0.149 e. The Hall–Kier alpha value is -1.14. The van der Waals surface area contributed by atoms with Crippen LogP contribution in [0.4, 0.5) is 10.8 Å². The van der Waals surface area contributed by atoms with Crippen molar-refractivity contribution in [3.8, 4) is 10.6 Å². The molecule has 6 heteroatoms. The first kappa shape index (κ1) is 12.9. The molecule has 0 radical (unpaired) electrons. The van der Waals surface area contributed by atoms with Crippen LogP contribution in [0.15, 0.2) is 5.38 Å². The Morgan fingerprint density at radius 3 is 3.05 bits per heavy atom. The van der Waals surface area contributed by atoms with E-state index in [0.29, 0.717) is 11.9 Å². The lowest BCUT2D eigenvalue weighted by atomic mass is 10.1. The molecule has 1 unspecified atom stereocenters. The largest absolute Gasteiger partial charge is 0.382 e. The van der Waals surface area contributed by atoms with Crippen LogP contribution < -0.4 is 10.6 Å². The molecule has 2 N–H and O–H groups in total. The topological polar surface area (TPSA) is 55.0 Å². The van der Waals surface area contributed by atoms with Gasteiger partial charge in [0.1, 0.15) is 15.8 Å². The third-order valence-corrected chi connectivity index (χ3v) is 5.52. The van der Waals surface area contributed by atoms with Crippen LogP contribution >= 0.6 is 22.9 Å². The van der Waals surface area contributed by atoms with Gasteiger partial charge in [0.2, 0.25) is 0 Å². The minimum absolute atomic E-state index is 0.621. The second kappa shape index (κ2) is 5.09. The third-order valence-electron chi connectivity index (χ3n) is 3.64. The summed E-state index contributed by atoms with van der Waals surface area (Å²) in [6.07, 6.45) is 3.70. The van der Waals surface area contributed by atoms with Crippen molar-refractivity contribution >= 4 is 33.7 Å². The van der Waals surface area contributed by atoms with Gasteiger partial charge in [0, 0.05) is 23.7 Å². The van der Waals surface area contributed by atoms with E-state index in [-0.39, 0.29) is 0 Å². The standard InChI is InChI=1S/C13H18N4S2/c1-3-9-5-4-6-17(9)13-10(11(14)16-19-13)12-15-8(2)7-18-12/h7,9H,3-6H2,1-2H3,(H2,14,16). The smallest absolute Gasteiger partial charge is 0.149 e. The van der Waals surface area contributed by atoms with Gasteiger partial charge in [0.05, 0.1) is 5.56 Å². The van der Waals surface area contributed by atoms with Crippen LogP contribution in [-0.4, -0.2) is 21.9 Å². The fraction of sp³-hybridized carbons (Fsp3) is 0.538. The van der Waals surface area contributed by atoms with Crippen molar-refractivity contribution < 1.29 is 0 Å². The Morgan fingerprint density at radius 2 is 2.37 bits per heavy atom. The van der Waals surface area contributed by atoms with E-state index >= 15 is 0 Å². The molecule has 3 rings (SSSR count). The van der Waals surface area contributed by atoms with E-state index in [1.165, 1.54) is 35.8 Å². The summed E-state index contributed by atoms with van der Waals surface area (Å²) in [6, 6.07) is 0.625. The minimum Gasteiger partial charge on any atom is -0.382 e. The minimum atomic E-state index is 0.621. The maximum absolute atomic E-state index is 6.08.